The molecule has 322 valence electrons. The smallest absolute Gasteiger partial charge is 0.335 e. The van der Waals surface area contributed by atoms with E-state index in [0.29, 0.717) is 0 Å². The predicted molar refractivity (Wildman–Crippen MR) is 166 cm³/mol. The highest BCUT2D eigenvalue weighted by molar-refractivity contribution is 5.73. The first kappa shape index (κ1) is 46.2. The molecule has 4 fully saturated rings. The van der Waals surface area contributed by atoms with Gasteiger partial charge in [-0.1, -0.05) is 0 Å². The molecule has 4 heterocycles. The second-order valence-corrected chi connectivity index (χ2v) is 13.7. The highest BCUT2D eigenvalue weighted by Gasteiger charge is 2.58. The number of rotatable bonds is 15. The lowest BCUT2D eigenvalue weighted by Crippen LogP contribution is -2.68. The van der Waals surface area contributed by atoms with E-state index in [1.165, 1.54) is 13.8 Å². The van der Waals surface area contributed by atoms with Crippen LogP contribution in [0, 0.1) is 0 Å². The van der Waals surface area contributed by atoms with Crippen LogP contribution in [-0.4, -0.2) is 255 Å². The fourth-order valence-electron chi connectivity index (χ4n) is 6.42. The highest BCUT2D eigenvalue weighted by Crippen LogP contribution is 2.36. The summed E-state index contributed by atoms with van der Waals surface area (Å²) in [6, 6.07) is 0. The van der Waals surface area contributed by atoms with Gasteiger partial charge in [0.25, 0.3) is 0 Å². The van der Waals surface area contributed by atoms with Gasteiger partial charge in [-0.2, -0.15) is 0 Å². The first-order valence-corrected chi connectivity index (χ1v) is 17.2. The van der Waals surface area contributed by atoms with Crippen molar-refractivity contribution >= 4 is 5.97 Å². The molecular weight excluding hydrogens is 760 g/mol. The predicted octanol–water partition coefficient (Wildman–Crippen LogP) is -10.1. The van der Waals surface area contributed by atoms with Crippen molar-refractivity contribution in [2.75, 3.05) is 19.8 Å². The Morgan fingerprint density at radius 1 is 0.545 bits per heavy atom. The SMILES string of the molecule is C[C@@H]1O[C@@H](O[C@H]2[C@@H](O[C@@H]3[C@@H](O[C@H](CO)[C@@H](O)[C@H](O)[C@H](O)CO)O[C@H](CO)[C@@H](O)[C@@H]3O)O[C@H](C(=O)O)[C@@H](O[C@@H]3O[C@@H](C)[C@H](O)[C@@H](O)[C@H]3O)[C@@H]2O)[C@H](O)[C@H](O)[C@H]1O. The number of hydrogen-bond acceptors (Lipinski definition) is 24. The molecule has 0 saturated carbocycles. The molecule has 25 nitrogen and oxygen atoms in total. The van der Waals surface area contributed by atoms with Crippen molar-refractivity contribution < 1.29 is 124 Å². The van der Waals surface area contributed by atoms with Gasteiger partial charge in [0.05, 0.1) is 32.0 Å². The molecule has 0 aromatic heterocycles. The maximum atomic E-state index is 12.6. The molecule has 0 amide bonds. The summed E-state index contributed by atoms with van der Waals surface area (Å²) in [5.41, 5.74) is 0. The van der Waals surface area contributed by atoms with Crippen molar-refractivity contribution in [1.29, 1.82) is 0 Å². The molecule has 0 unspecified atom stereocenters. The number of ether oxygens (including phenoxy) is 8. The van der Waals surface area contributed by atoms with Gasteiger partial charge in [-0.25, -0.2) is 4.79 Å². The third-order valence-corrected chi connectivity index (χ3v) is 9.88. The molecule has 0 aromatic carbocycles. The molecule has 4 rings (SSSR count). The molecule has 4 aliphatic heterocycles. The Bertz CT molecular complexity index is 1200. The maximum Gasteiger partial charge on any atom is 0.335 e. The standard InChI is InChI=1S/C30H52O25/c1-6-11(35)16(40)19(43)27(48-6)52-22-21(45)24(53-28-20(44)17(41)12(36)7(2)49-28)30(55-25(22)26(46)47)54-23-18(42)15(39)10(5-33)51-29(23)50-9(4-32)14(38)13(37)8(34)3-31/h6-25,27-45H,3-5H2,1-2H3,(H,46,47)/t6-,7-,8+,9+,10+,11-,12-,13+,14+,15+,16+,17+,18-,19+,20+,21-,22-,23-,24+,25-,27-,28-,29-,30-/m0/s1. The van der Waals surface area contributed by atoms with Crippen molar-refractivity contribution in [3.8, 4) is 0 Å². The summed E-state index contributed by atoms with van der Waals surface area (Å²) in [5, 5.41) is 165. The quantitative estimate of drug-likeness (QED) is 0.0730. The molecule has 0 bridgehead atoms. The molecule has 4 aliphatic rings. The number of aliphatic hydroxyl groups is 15. The molecule has 0 aromatic rings. The van der Waals surface area contributed by atoms with E-state index < -0.39 is 173 Å². The van der Waals surface area contributed by atoms with E-state index in [-0.39, 0.29) is 0 Å². The van der Waals surface area contributed by atoms with Gasteiger partial charge in [0.1, 0.15) is 104 Å². The van der Waals surface area contributed by atoms with Gasteiger partial charge in [0.2, 0.25) is 0 Å². The molecule has 0 radical (unpaired) electrons. The minimum atomic E-state index is -2.32. The van der Waals surface area contributed by atoms with Crippen molar-refractivity contribution in [3.63, 3.8) is 0 Å². The van der Waals surface area contributed by atoms with Crippen molar-refractivity contribution in [2.45, 2.75) is 161 Å². The number of hydrogen-bond donors (Lipinski definition) is 16. The number of aliphatic carboxylic acids is 1. The largest absolute Gasteiger partial charge is 0.479 e. The second kappa shape index (κ2) is 19.5. The number of carboxylic acids is 1. The minimum absolute atomic E-state index is 0.976. The van der Waals surface area contributed by atoms with Crippen LogP contribution in [0.1, 0.15) is 13.8 Å². The van der Waals surface area contributed by atoms with E-state index in [1.807, 2.05) is 0 Å². The zero-order valence-electron chi connectivity index (χ0n) is 29.3. The summed E-state index contributed by atoms with van der Waals surface area (Å²) in [6.07, 6.45) is -47.0. The monoisotopic (exact) mass is 812 g/mol. The average Bonchev–Trinajstić information content (AvgIpc) is 3.16. The van der Waals surface area contributed by atoms with Gasteiger partial charge in [-0.05, 0) is 13.8 Å². The summed E-state index contributed by atoms with van der Waals surface area (Å²) in [6.45, 7) is -0.612. The summed E-state index contributed by atoms with van der Waals surface area (Å²) in [4.78, 5) is 12.6. The second-order valence-electron chi connectivity index (χ2n) is 13.7. The number of carbonyl (C=O) groups is 1. The third-order valence-electron chi connectivity index (χ3n) is 9.88. The van der Waals surface area contributed by atoms with Crippen LogP contribution in [0.3, 0.4) is 0 Å². The zero-order valence-corrected chi connectivity index (χ0v) is 29.3. The van der Waals surface area contributed by atoms with Crippen LogP contribution in [0.5, 0.6) is 0 Å². The average molecular weight is 813 g/mol. The van der Waals surface area contributed by atoms with Gasteiger partial charge in [-0.15, -0.1) is 0 Å². The van der Waals surface area contributed by atoms with Crippen LogP contribution < -0.4 is 0 Å². The Morgan fingerprint density at radius 3 is 1.51 bits per heavy atom. The van der Waals surface area contributed by atoms with Crippen molar-refractivity contribution in [3.05, 3.63) is 0 Å². The highest BCUT2D eigenvalue weighted by atomic mass is 16.8. The Morgan fingerprint density at radius 2 is 1.04 bits per heavy atom. The van der Waals surface area contributed by atoms with Crippen LogP contribution in [0.25, 0.3) is 0 Å². The Balaban J connectivity index is 1.71. The summed E-state index contributed by atoms with van der Waals surface area (Å²) in [5.74, 6) is -1.87. The number of carboxylic acid groups (broad SMARTS) is 1. The molecular formula is C30H52O25. The molecule has 0 spiro atoms. The molecule has 24 atom stereocenters. The Kier molecular flexibility index (Phi) is 16.4. The van der Waals surface area contributed by atoms with E-state index in [1.54, 1.807) is 0 Å². The van der Waals surface area contributed by atoms with E-state index in [9.17, 15) is 86.5 Å². The molecule has 55 heavy (non-hydrogen) atoms. The van der Waals surface area contributed by atoms with Crippen LogP contribution >= 0.6 is 0 Å². The van der Waals surface area contributed by atoms with Crippen molar-refractivity contribution in [1.82, 2.24) is 0 Å². The van der Waals surface area contributed by atoms with E-state index in [4.69, 9.17) is 37.9 Å². The minimum Gasteiger partial charge on any atom is -0.479 e. The van der Waals surface area contributed by atoms with Gasteiger partial charge in [0.15, 0.2) is 31.3 Å². The first-order valence-electron chi connectivity index (χ1n) is 17.2. The van der Waals surface area contributed by atoms with Crippen LogP contribution in [0.2, 0.25) is 0 Å². The van der Waals surface area contributed by atoms with Gasteiger partial charge in [0, 0.05) is 0 Å². The van der Waals surface area contributed by atoms with E-state index in [2.05, 4.69) is 0 Å². The summed E-state index contributed by atoms with van der Waals surface area (Å²) in [7, 11) is 0. The summed E-state index contributed by atoms with van der Waals surface area (Å²) >= 11 is 0. The van der Waals surface area contributed by atoms with Crippen LogP contribution in [0.15, 0.2) is 0 Å². The maximum absolute atomic E-state index is 12.6. The lowest BCUT2D eigenvalue weighted by atomic mass is 9.95. The number of aliphatic hydroxyl groups excluding tert-OH is 15. The normalized spacial score (nSPS) is 47.8. The van der Waals surface area contributed by atoms with Gasteiger partial charge < -0.3 is 120 Å². The van der Waals surface area contributed by atoms with Crippen molar-refractivity contribution in [2.24, 2.45) is 0 Å². The van der Waals surface area contributed by atoms with E-state index in [0.717, 1.165) is 0 Å². The lowest BCUT2D eigenvalue weighted by Gasteiger charge is -2.49. The molecule has 16 N–H and O–H groups in total. The fourth-order valence-corrected chi connectivity index (χ4v) is 6.42. The summed E-state index contributed by atoms with van der Waals surface area (Å²) < 4.78 is 44.6. The first-order chi connectivity index (χ1) is 25.8. The van der Waals surface area contributed by atoms with Gasteiger partial charge in [-0.3, -0.25) is 0 Å². The molecule has 25 heteroatoms. The van der Waals surface area contributed by atoms with Gasteiger partial charge >= 0.3 is 5.97 Å². The van der Waals surface area contributed by atoms with Crippen LogP contribution in [0.4, 0.5) is 0 Å². The van der Waals surface area contributed by atoms with Crippen LogP contribution in [-0.2, 0) is 42.7 Å². The van der Waals surface area contributed by atoms with E-state index >= 15 is 0 Å². The molecule has 0 aliphatic carbocycles. The third kappa shape index (κ3) is 9.89. The zero-order chi connectivity index (χ0) is 41.2. The Labute approximate surface area is 311 Å². The fraction of sp³-hybridized carbons (Fsp3) is 0.967. The topological polar surface area (TPSA) is 415 Å². The lowest BCUT2D eigenvalue weighted by molar-refractivity contribution is -0.403. The molecule has 4 saturated heterocycles. The Hall–Kier alpha value is -1.45.